The van der Waals surface area contributed by atoms with Crippen molar-refractivity contribution >= 4 is 16.8 Å². The van der Waals surface area contributed by atoms with Gasteiger partial charge in [-0.2, -0.15) is 8.78 Å². The van der Waals surface area contributed by atoms with Crippen LogP contribution in [-0.2, 0) is 4.79 Å². The fourth-order valence-corrected chi connectivity index (χ4v) is 1.01. The van der Waals surface area contributed by atoms with Crippen molar-refractivity contribution in [3.05, 3.63) is 24.3 Å². The van der Waals surface area contributed by atoms with Gasteiger partial charge in [0.15, 0.2) is 6.61 Å². The van der Waals surface area contributed by atoms with Crippen LogP contribution in [-0.4, -0.2) is 18.0 Å². The summed E-state index contributed by atoms with van der Waals surface area (Å²) >= 11 is 5.06. The fraction of sp³-hybridized carbons (Fsp3) is 0.300. The molecule has 0 aliphatic carbocycles. The topological polar surface area (TPSA) is 35.5 Å². The van der Waals surface area contributed by atoms with Crippen molar-refractivity contribution in [3.63, 3.8) is 0 Å². The third kappa shape index (κ3) is 4.93. The fourth-order valence-electron chi connectivity index (χ4n) is 0.951. The first-order chi connectivity index (χ1) is 7.37. The van der Waals surface area contributed by atoms with E-state index < -0.39 is 11.4 Å². The predicted octanol–water partition coefficient (Wildman–Crippen LogP) is 2.82. The van der Waals surface area contributed by atoms with Crippen molar-refractivity contribution in [3.8, 4) is 11.5 Å². The minimum Gasteiger partial charge on any atom is -0.484 e. The van der Waals surface area contributed by atoms with Crippen LogP contribution >= 0.6 is 11.6 Å². The molecule has 0 atom stereocenters. The summed E-state index contributed by atoms with van der Waals surface area (Å²) in [5.41, 5.74) is 0. The Labute approximate surface area is 95.9 Å². The van der Waals surface area contributed by atoms with E-state index in [-0.39, 0.29) is 12.4 Å². The standard InChI is InChI=1S/C10H9ClF2O3/c1-10(12,13)16-8-4-2-7(3-5-8)15-6-9(11)14/h2-5H,6H2,1H3. The second-order valence-electron chi connectivity index (χ2n) is 3.03. The molecule has 0 aliphatic rings. The van der Waals surface area contributed by atoms with Crippen LogP contribution in [0.4, 0.5) is 8.78 Å². The summed E-state index contributed by atoms with van der Waals surface area (Å²) < 4.78 is 34.1. The molecule has 0 aliphatic heterocycles. The molecule has 1 rings (SSSR count). The van der Waals surface area contributed by atoms with Crippen LogP contribution in [0, 0.1) is 0 Å². The van der Waals surface area contributed by atoms with Gasteiger partial charge >= 0.3 is 6.11 Å². The highest BCUT2D eigenvalue weighted by molar-refractivity contribution is 6.63. The Morgan fingerprint density at radius 1 is 1.31 bits per heavy atom. The lowest BCUT2D eigenvalue weighted by atomic mass is 10.3. The molecule has 0 spiro atoms. The lowest BCUT2D eigenvalue weighted by Gasteiger charge is -2.13. The van der Waals surface area contributed by atoms with Gasteiger partial charge < -0.3 is 9.47 Å². The smallest absolute Gasteiger partial charge is 0.394 e. The maximum atomic E-state index is 12.4. The van der Waals surface area contributed by atoms with Crippen molar-refractivity contribution in [2.45, 2.75) is 13.0 Å². The average Bonchev–Trinajstić information content (AvgIpc) is 2.14. The lowest BCUT2D eigenvalue weighted by molar-refractivity contribution is -0.158. The van der Waals surface area contributed by atoms with E-state index in [1.54, 1.807) is 0 Å². The van der Waals surface area contributed by atoms with Gasteiger partial charge in [-0.1, -0.05) is 0 Å². The lowest BCUT2D eigenvalue weighted by Crippen LogP contribution is -2.18. The molecular formula is C10H9ClF2O3. The van der Waals surface area contributed by atoms with E-state index in [2.05, 4.69) is 4.74 Å². The Morgan fingerprint density at radius 3 is 2.25 bits per heavy atom. The molecule has 0 saturated carbocycles. The van der Waals surface area contributed by atoms with E-state index in [0.29, 0.717) is 12.7 Å². The Hall–Kier alpha value is -1.36. The first-order valence-corrected chi connectivity index (χ1v) is 4.73. The van der Waals surface area contributed by atoms with E-state index in [1.165, 1.54) is 24.3 Å². The van der Waals surface area contributed by atoms with Gasteiger partial charge in [0, 0.05) is 6.92 Å². The molecule has 0 unspecified atom stereocenters. The van der Waals surface area contributed by atoms with Crippen molar-refractivity contribution in [2.24, 2.45) is 0 Å². The Balaban J connectivity index is 2.57. The number of carbonyl (C=O) groups is 1. The van der Waals surface area contributed by atoms with Gasteiger partial charge in [-0.15, -0.1) is 0 Å². The minimum absolute atomic E-state index is 0.0112. The van der Waals surface area contributed by atoms with E-state index >= 15 is 0 Å². The predicted molar refractivity (Wildman–Crippen MR) is 54.0 cm³/mol. The molecule has 0 radical (unpaired) electrons. The van der Waals surface area contributed by atoms with Crippen LogP contribution in [0.3, 0.4) is 0 Å². The van der Waals surface area contributed by atoms with Gasteiger partial charge in [0.05, 0.1) is 0 Å². The van der Waals surface area contributed by atoms with Crippen LogP contribution in [0.25, 0.3) is 0 Å². The maximum absolute atomic E-state index is 12.4. The number of rotatable bonds is 5. The van der Waals surface area contributed by atoms with Crippen molar-refractivity contribution in [1.82, 2.24) is 0 Å². The highest BCUT2D eigenvalue weighted by Gasteiger charge is 2.22. The molecule has 3 nitrogen and oxygen atoms in total. The summed E-state index contributed by atoms with van der Waals surface area (Å²) in [4.78, 5) is 10.4. The molecule has 1 aromatic rings. The van der Waals surface area contributed by atoms with Crippen LogP contribution in [0.1, 0.15) is 6.92 Å². The zero-order chi connectivity index (χ0) is 12.2. The second kappa shape index (κ2) is 5.12. The second-order valence-corrected chi connectivity index (χ2v) is 3.45. The molecule has 0 N–H and O–H groups in total. The number of alkyl halides is 2. The van der Waals surface area contributed by atoms with Crippen LogP contribution in [0.2, 0.25) is 0 Å². The molecule has 0 heterocycles. The zero-order valence-corrected chi connectivity index (χ0v) is 9.13. The van der Waals surface area contributed by atoms with E-state index in [1.807, 2.05) is 0 Å². The summed E-state index contributed by atoms with van der Waals surface area (Å²) in [6.45, 7) is 0.370. The summed E-state index contributed by atoms with van der Waals surface area (Å²) in [6, 6.07) is 5.43. The van der Waals surface area contributed by atoms with E-state index in [9.17, 15) is 13.6 Å². The molecule has 0 amide bonds. The molecule has 0 saturated heterocycles. The molecule has 0 aromatic heterocycles. The molecular weight excluding hydrogens is 242 g/mol. The highest BCUT2D eigenvalue weighted by Crippen LogP contribution is 2.23. The summed E-state index contributed by atoms with van der Waals surface area (Å²) in [5.74, 6) is 0.359. The Kier molecular flexibility index (Phi) is 4.06. The third-order valence-electron chi connectivity index (χ3n) is 1.47. The van der Waals surface area contributed by atoms with Crippen molar-refractivity contribution in [2.75, 3.05) is 6.61 Å². The van der Waals surface area contributed by atoms with E-state index in [4.69, 9.17) is 16.3 Å². The summed E-state index contributed by atoms with van der Waals surface area (Å²) in [5, 5.41) is -0.639. The van der Waals surface area contributed by atoms with Gasteiger partial charge in [0.2, 0.25) is 0 Å². The molecule has 88 valence electrons. The van der Waals surface area contributed by atoms with Gasteiger partial charge in [-0.05, 0) is 35.9 Å². The largest absolute Gasteiger partial charge is 0.484 e. The number of halogens is 3. The normalized spacial score (nSPS) is 11.0. The number of benzene rings is 1. The number of carbonyl (C=O) groups excluding carboxylic acids is 1. The summed E-state index contributed by atoms with van der Waals surface area (Å²) in [6.07, 6.45) is -3.23. The molecule has 16 heavy (non-hydrogen) atoms. The first-order valence-electron chi connectivity index (χ1n) is 4.35. The zero-order valence-electron chi connectivity index (χ0n) is 8.38. The maximum Gasteiger partial charge on any atom is 0.394 e. The molecule has 1 aromatic carbocycles. The Bertz CT molecular complexity index is 359. The average molecular weight is 251 g/mol. The van der Waals surface area contributed by atoms with Gasteiger partial charge in [-0.25, -0.2) is 0 Å². The number of hydrogen-bond donors (Lipinski definition) is 0. The Morgan fingerprint density at radius 2 is 1.81 bits per heavy atom. The van der Waals surface area contributed by atoms with Gasteiger partial charge in [0.25, 0.3) is 5.24 Å². The first kappa shape index (κ1) is 12.7. The quantitative estimate of drug-likeness (QED) is 0.754. The van der Waals surface area contributed by atoms with Crippen LogP contribution < -0.4 is 9.47 Å². The van der Waals surface area contributed by atoms with E-state index in [0.717, 1.165) is 0 Å². The molecule has 0 bridgehead atoms. The molecule has 6 heteroatoms. The minimum atomic E-state index is -3.23. The molecule has 0 fully saturated rings. The van der Waals surface area contributed by atoms with Crippen LogP contribution in [0.5, 0.6) is 11.5 Å². The number of ether oxygens (including phenoxy) is 2. The van der Waals surface area contributed by atoms with Crippen molar-refractivity contribution in [1.29, 1.82) is 0 Å². The van der Waals surface area contributed by atoms with Crippen LogP contribution in [0.15, 0.2) is 24.3 Å². The van der Waals surface area contributed by atoms with Crippen molar-refractivity contribution < 1.29 is 23.0 Å². The monoisotopic (exact) mass is 250 g/mol. The highest BCUT2D eigenvalue weighted by atomic mass is 35.5. The number of hydrogen-bond acceptors (Lipinski definition) is 3. The SMILES string of the molecule is CC(F)(F)Oc1ccc(OCC(=O)Cl)cc1. The third-order valence-corrected chi connectivity index (χ3v) is 1.58. The summed E-state index contributed by atoms with van der Waals surface area (Å²) in [7, 11) is 0. The van der Waals surface area contributed by atoms with Gasteiger partial charge in [-0.3, -0.25) is 4.79 Å². The van der Waals surface area contributed by atoms with Gasteiger partial charge in [0.1, 0.15) is 11.5 Å².